The first-order valence-corrected chi connectivity index (χ1v) is 13.8. The maximum atomic E-state index is 12.6. The van der Waals surface area contributed by atoms with Gasteiger partial charge >= 0.3 is 0 Å². The number of Topliss-reactive ketones (excluding diaryl/α,β-unsaturated/α-hetero) is 1. The number of imidazole rings is 1. The van der Waals surface area contributed by atoms with Gasteiger partial charge in [0.2, 0.25) is 0 Å². The van der Waals surface area contributed by atoms with Crippen LogP contribution >= 0.6 is 0 Å². The molecule has 4 aliphatic carbocycles. The number of aromatic nitrogens is 2. The second-order valence-corrected chi connectivity index (χ2v) is 12.1. The fourth-order valence-electron chi connectivity index (χ4n) is 8.35. The lowest BCUT2D eigenvalue weighted by Gasteiger charge is -2.60. The number of H-pyrrole nitrogens is 1. The molecule has 208 valence electrons. The number of aromatic amines is 1. The highest BCUT2D eigenvalue weighted by molar-refractivity contribution is 5.96. The average molecular weight is 529 g/mol. The van der Waals surface area contributed by atoms with Gasteiger partial charge in [-0.15, -0.1) is 0 Å². The van der Waals surface area contributed by atoms with Crippen LogP contribution in [-0.4, -0.2) is 74.2 Å². The maximum absolute atomic E-state index is 12.6. The lowest BCUT2D eigenvalue weighted by molar-refractivity contribution is -0.181. The summed E-state index contributed by atoms with van der Waals surface area (Å²) in [4.78, 5) is 37.0. The Labute approximate surface area is 222 Å². The highest BCUT2D eigenvalue weighted by Gasteiger charge is 2.68. The number of nitrogens with one attached hydrogen (secondary N) is 2. The number of carbonyl (C=O) groups is 2. The Bertz CT molecular complexity index is 1120. The van der Waals surface area contributed by atoms with Crippen LogP contribution in [0, 0.1) is 28.6 Å². The molecule has 4 aliphatic rings. The molecule has 1 heterocycles. The summed E-state index contributed by atoms with van der Waals surface area (Å²) in [7, 11) is 0. The Balaban J connectivity index is 1.23. The first-order chi connectivity index (χ1) is 18.1. The van der Waals surface area contributed by atoms with E-state index in [-0.39, 0.29) is 35.7 Å². The number of nitrogens with zero attached hydrogens (tertiary/aromatic N) is 2. The van der Waals surface area contributed by atoms with Gasteiger partial charge in [0.15, 0.2) is 12.4 Å². The molecule has 7 atom stereocenters. The largest absolute Gasteiger partial charge is 0.393 e. The minimum atomic E-state index is -1.58. The van der Waals surface area contributed by atoms with Crippen molar-refractivity contribution in [2.45, 2.75) is 76.9 Å². The Hall–Kier alpha value is -2.56. The molecule has 5 N–H and O–H groups in total. The van der Waals surface area contributed by atoms with Crippen molar-refractivity contribution in [2.75, 3.05) is 19.8 Å². The second kappa shape index (κ2) is 10.2. The first-order valence-electron chi connectivity index (χ1n) is 13.8. The zero-order valence-corrected chi connectivity index (χ0v) is 22.3. The van der Waals surface area contributed by atoms with Crippen molar-refractivity contribution in [3.8, 4) is 0 Å². The number of aliphatic hydroxyl groups excluding tert-OH is 2. The van der Waals surface area contributed by atoms with E-state index in [9.17, 15) is 24.9 Å². The zero-order chi connectivity index (χ0) is 27.1. The molecule has 1 amide bonds. The summed E-state index contributed by atoms with van der Waals surface area (Å²) in [5.41, 5.74) is 0.490. The van der Waals surface area contributed by atoms with Crippen molar-refractivity contribution in [2.24, 2.45) is 33.7 Å². The van der Waals surface area contributed by atoms with Crippen molar-refractivity contribution in [3.05, 3.63) is 29.9 Å². The molecule has 0 bridgehead atoms. The summed E-state index contributed by atoms with van der Waals surface area (Å²) < 4.78 is 0. The van der Waals surface area contributed by atoms with E-state index in [1.54, 1.807) is 12.5 Å². The molecule has 10 heteroatoms. The zero-order valence-electron chi connectivity index (χ0n) is 22.3. The van der Waals surface area contributed by atoms with Crippen molar-refractivity contribution >= 4 is 17.4 Å². The van der Waals surface area contributed by atoms with Crippen molar-refractivity contribution in [1.29, 1.82) is 0 Å². The predicted molar refractivity (Wildman–Crippen MR) is 139 cm³/mol. The van der Waals surface area contributed by atoms with E-state index in [0.717, 1.165) is 37.1 Å². The number of aliphatic hydroxyl groups is 3. The topological polar surface area (TPSA) is 157 Å². The van der Waals surface area contributed by atoms with Crippen LogP contribution in [-0.2, 0) is 20.8 Å². The molecule has 5 rings (SSSR count). The molecule has 38 heavy (non-hydrogen) atoms. The van der Waals surface area contributed by atoms with Crippen LogP contribution < -0.4 is 5.32 Å². The number of allylic oxidation sites excluding steroid dienone is 2. The molecule has 0 aliphatic heterocycles. The number of hydrogen-bond donors (Lipinski definition) is 5. The van der Waals surface area contributed by atoms with Gasteiger partial charge in [-0.1, -0.05) is 24.6 Å². The van der Waals surface area contributed by atoms with Gasteiger partial charge < -0.3 is 30.5 Å². The maximum Gasteiger partial charge on any atom is 0.260 e. The summed E-state index contributed by atoms with van der Waals surface area (Å²) in [5, 5.41) is 39.4. The third-order valence-corrected chi connectivity index (χ3v) is 10.3. The molecule has 0 radical (unpaired) electrons. The van der Waals surface area contributed by atoms with Crippen molar-refractivity contribution in [3.63, 3.8) is 0 Å². The van der Waals surface area contributed by atoms with Gasteiger partial charge in [-0.05, 0) is 74.2 Å². The number of carbonyl (C=O) groups excluding carboxylic acids is 2. The first kappa shape index (κ1) is 27.0. The minimum Gasteiger partial charge on any atom is -0.393 e. The van der Waals surface area contributed by atoms with Crippen molar-refractivity contribution < 1.29 is 29.7 Å². The van der Waals surface area contributed by atoms with E-state index in [1.165, 1.54) is 5.57 Å². The Morgan fingerprint density at radius 2 is 2.08 bits per heavy atom. The monoisotopic (exact) mass is 528 g/mol. The van der Waals surface area contributed by atoms with Gasteiger partial charge in [-0.3, -0.25) is 9.59 Å². The van der Waals surface area contributed by atoms with Crippen LogP contribution in [0.4, 0.5) is 0 Å². The Kier molecular flexibility index (Phi) is 7.26. The van der Waals surface area contributed by atoms with Gasteiger partial charge in [0.25, 0.3) is 5.91 Å². The van der Waals surface area contributed by atoms with Crippen molar-refractivity contribution in [1.82, 2.24) is 15.3 Å². The number of oxime groups is 1. The average Bonchev–Trinajstić information content (AvgIpc) is 3.49. The molecular formula is C28H40N4O6. The summed E-state index contributed by atoms with van der Waals surface area (Å²) in [6, 6.07) is 0. The van der Waals surface area contributed by atoms with Crippen LogP contribution in [0.25, 0.3) is 0 Å². The minimum absolute atomic E-state index is 0.0373. The number of rotatable bonds is 8. The fraction of sp³-hybridized carbons (Fsp3) is 0.714. The molecular weight excluding hydrogens is 488 g/mol. The third kappa shape index (κ3) is 4.40. The summed E-state index contributed by atoms with van der Waals surface area (Å²) in [5.74, 6) is -0.394. The summed E-state index contributed by atoms with van der Waals surface area (Å²) in [6.07, 6.45) is 10.1. The standard InChI is InChI=1S/C28H40N4O6/c1-26-8-5-18(32-38-15-24(36)30-10-7-19-13-29-16-31-19)11-17(26)3-4-20-21-6-9-28(37,23(35)14-33)27(21,2)12-22(34)25(20)26/h11,13,16,20-22,25,33-34,37H,3-10,12,14-15H2,1-2H3,(H,29,31)(H,30,36)/t20?,21?,22?,25?,26-,27-,28-/m0/s1. The summed E-state index contributed by atoms with van der Waals surface area (Å²) >= 11 is 0. The smallest absolute Gasteiger partial charge is 0.260 e. The number of hydrogen-bond acceptors (Lipinski definition) is 8. The molecule has 0 saturated heterocycles. The van der Waals surface area contributed by atoms with Crippen LogP contribution in [0.1, 0.15) is 64.5 Å². The highest BCUT2D eigenvalue weighted by atomic mass is 16.6. The number of fused-ring (bicyclic) bond motifs is 5. The normalized spacial score (nSPS) is 39.1. The number of amides is 1. The highest BCUT2D eigenvalue weighted by Crippen LogP contribution is 2.67. The molecule has 1 aromatic heterocycles. The molecule has 10 nitrogen and oxygen atoms in total. The van der Waals surface area contributed by atoms with Crippen LogP contribution in [0.2, 0.25) is 0 Å². The molecule has 3 fully saturated rings. The van der Waals surface area contributed by atoms with E-state index in [4.69, 9.17) is 4.84 Å². The van der Waals surface area contributed by atoms with Crippen LogP contribution in [0.5, 0.6) is 0 Å². The quantitative estimate of drug-likeness (QED) is 0.321. The van der Waals surface area contributed by atoms with Gasteiger partial charge in [0.05, 0.1) is 18.1 Å². The third-order valence-electron chi connectivity index (χ3n) is 10.3. The molecule has 0 aromatic carbocycles. The Morgan fingerprint density at radius 3 is 2.82 bits per heavy atom. The number of ketones is 1. The van der Waals surface area contributed by atoms with Crippen LogP contribution in [0.3, 0.4) is 0 Å². The van der Waals surface area contributed by atoms with Crippen LogP contribution in [0.15, 0.2) is 29.3 Å². The van der Waals surface area contributed by atoms with E-state index < -0.39 is 29.5 Å². The van der Waals surface area contributed by atoms with Gasteiger partial charge in [0, 0.05) is 30.3 Å². The lowest BCUT2D eigenvalue weighted by atomic mass is 9.45. The molecule has 4 unspecified atom stereocenters. The summed E-state index contributed by atoms with van der Waals surface area (Å²) in [6.45, 7) is 3.82. The SMILES string of the molecule is C[C@]12CCC(=NOCC(=O)NCCc3cnc[nH]3)C=C1CCC1C2C(O)C[C@@]2(C)C1CC[C@]2(O)C(=O)CO. The van der Waals surface area contributed by atoms with E-state index >= 15 is 0 Å². The van der Waals surface area contributed by atoms with Gasteiger partial charge in [0.1, 0.15) is 12.2 Å². The fourth-order valence-corrected chi connectivity index (χ4v) is 8.35. The van der Waals surface area contributed by atoms with Gasteiger partial charge in [-0.25, -0.2) is 4.98 Å². The molecule has 0 spiro atoms. The van der Waals surface area contributed by atoms with E-state index in [2.05, 4.69) is 33.4 Å². The van der Waals surface area contributed by atoms with E-state index in [1.807, 2.05) is 6.92 Å². The lowest BCUT2D eigenvalue weighted by Crippen LogP contribution is -2.62. The predicted octanol–water partition coefficient (Wildman–Crippen LogP) is 1.67. The molecule has 1 aromatic rings. The van der Waals surface area contributed by atoms with E-state index in [0.29, 0.717) is 32.2 Å². The molecule has 3 saturated carbocycles. The van der Waals surface area contributed by atoms with Gasteiger partial charge in [-0.2, -0.15) is 0 Å². The Morgan fingerprint density at radius 1 is 1.26 bits per heavy atom. The second-order valence-electron chi connectivity index (χ2n) is 12.1.